The third kappa shape index (κ3) is 5.92. The average Bonchev–Trinajstić information content (AvgIpc) is 3.65. The third-order valence-electron chi connectivity index (χ3n) is 6.61. The average molecular weight is 681 g/mol. The van der Waals surface area contributed by atoms with Gasteiger partial charge in [0.25, 0.3) is 0 Å². The molecule has 2 fully saturated rings. The minimum Gasteiger partial charge on any atom is -0.464 e. The molecule has 6 rings (SSSR count). The maximum atomic E-state index is 12.5. The molecule has 11 nitrogen and oxygen atoms in total. The Bertz CT molecular complexity index is 1530. The summed E-state index contributed by atoms with van der Waals surface area (Å²) in [6.07, 6.45) is 1.16. The number of esters is 1. The van der Waals surface area contributed by atoms with Gasteiger partial charge in [-0.3, -0.25) is 0 Å². The zero-order chi connectivity index (χ0) is 28.5. The first-order valence-corrected chi connectivity index (χ1v) is 15.3. The van der Waals surface area contributed by atoms with E-state index in [9.17, 15) is 4.79 Å². The number of benzene rings is 1. The van der Waals surface area contributed by atoms with Crippen molar-refractivity contribution in [2.75, 3.05) is 20.8 Å². The van der Waals surface area contributed by atoms with E-state index in [0.717, 1.165) is 5.56 Å². The van der Waals surface area contributed by atoms with Gasteiger partial charge in [-0.05, 0) is 22.0 Å². The zero-order valence-electron chi connectivity index (χ0n) is 21.6. The molecule has 0 amide bonds. The first-order chi connectivity index (χ1) is 19.9. The van der Waals surface area contributed by atoms with E-state index < -0.39 is 42.0 Å². The number of pyridine rings is 1. The number of thiazole rings is 1. The molecule has 214 valence electrons. The van der Waals surface area contributed by atoms with Crippen LogP contribution in [0.15, 0.2) is 63.5 Å². The molecular formula is C26H23BrClN5O6S2. The third-order valence-corrected chi connectivity index (χ3v) is 9.40. The van der Waals surface area contributed by atoms with Gasteiger partial charge in [-0.15, -0.1) is 16.4 Å². The number of carbonyl (C=O) groups excluding carboxylic acids is 1. The molecule has 5 heterocycles. The van der Waals surface area contributed by atoms with Gasteiger partial charge in [0.2, 0.25) is 0 Å². The number of hydrogen-bond acceptors (Lipinski definition) is 12. The molecule has 1 aromatic carbocycles. The summed E-state index contributed by atoms with van der Waals surface area (Å²) >= 11 is 12.2. The molecule has 15 heteroatoms. The molecule has 0 N–H and O–H groups in total. The van der Waals surface area contributed by atoms with Crippen LogP contribution >= 0.6 is 50.6 Å². The minimum atomic E-state index is -0.605. The van der Waals surface area contributed by atoms with Crippen molar-refractivity contribution < 1.29 is 28.5 Å². The summed E-state index contributed by atoms with van der Waals surface area (Å²) in [5.74, 6) is -0.558. The van der Waals surface area contributed by atoms with Gasteiger partial charge in [0.15, 0.2) is 12.0 Å². The highest BCUT2D eigenvalue weighted by molar-refractivity contribution is 9.10. The lowest BCUT2D eigenvalue weighted by Crippen LogP contribution is -2.59. The fraction of sp³-hybridized carbons (Fsp3) is 0.346. The smallest absolute Gasteiger partial charge is 0.357 e. The molecule has 2 saturated heterocycles. The first-order valence-electron chi connectivity index (χ1n) is 12.4. The fourth-order valence-electron chi connectivity index (χ4n) is 4.77. The van der Waals surface area contributed by atoms with Crippen molar-refractivity contribution >= 4 is 56.6 Å². The first kappa shape index (κ1) is 28.7. The van der Waals surface area contributed by atoms with Gasteiger partial charge in [-0.2, -0.15) is 0 Å². The van der Waals surface area contributed by atoms with E-state index in [1.165, 1.54) is 30.2 Å². The number of hydrogen-bond donors (Lipinski definition) is 0. The van der Waals surface area contributed by atoms with E-state index in [4.69, 9.17) is 35.3 Å². The number of thioether (sulfide) groups is 1. The summed E-state index contributed by atoms with van der Waals surface area (Å²) in [7, 11) is 2.91. The number of nitrogens with zero attached hydrogens (tertiary/aromatic N) is 5. The summed E-state index contributed by atoms with van der Waals surface area (Å²) in [4.78, 5) is 21.7. The second kappa shape index (κ2) is 12.4. The zero-order valence-corrected chi connectivity index (χ0v) is 25.6. The fourth-order valence-corrected chi connectivity index (χ4v) is 7.45. The van der Waals surface area contributed by atoms with Gasteiger partial charge < -0.3 is 23.7 Å². The second-order valence-corrected chi connectivity index (χ2v) is 12.4. The Balaban J connectivity index is 1.37. The van der Waals surface area contributed by atoms with Crippen molar-refractivity contribution in [2.24, 2.45) is 0 Å². The largest absolute Gasteiger partial charge is 0.464 e. The highest BCUT2D eigenvalue weighted by Crippen LogP contribution is 2.45. The molecule has 3 aromatic heterocycles. The summed E-state index contributed by atoms with van der Waals surface area (Å²) in [5, 5.41) is 11.6. The lowest BCUT2D eigenvalue weighted by molar-refractivity contribution is -0.308. The van der Waals surface area contributed by atoms with Crippen LogP contribution in [0.1, 0.15) is 28.4 Å². The number of aromatic nitrogens is 5. The Hall–Kier alpha value is -2.43. The minimum absolute atomic E-state index is 0.168. The number of ether oxygens (including phenoxy) is 5. The van der Waals surface area contributed by atoms with Gasteiger partial charge in [-0.1, -0.05) is 58.9 Å². The molecule has 0 saturated carbocycles. The topological polar surface area (TPSA) is 120 Å². The number of halogens is 2. The molecule has 6 atom stereocenters. The summed E-state index contributed by atoms with van der Waals surface area (Å²) < 4.78 is 32.6. The highest BCUT2D eigenvalue weighted by Gasteiger charge is 2.52. The van der Waals surface area contributed by atoms with Crippen LogP contribution in [0.3, 0.4) is 0 Å². The number of fused-ring (bicyclic) bond motifs is 1. The van der Waals surface area contributed by atoms with E-state index >= 15 is 0 Å². The van der Waals surface area contributed by atoms with E-state index in [0.29, 0.717) is 25.2 Å². The lowest BCUT2D eigenvalue weighted by atomic mass is 9.96. The van der Waals surface area contributed by atoms with Crippen LogP contribution in [-0.2, 0) is 23.7 Å². The predicted octanol–water partition coefficient (Wildman–Crippen LogP) is 5.19. The van der Waals surface area contributed by atoms with Crippen LogP contribution in [0, 0.1) is 0 Å². The molecule has 0 aliphatic carbocycles. The molecule has 4 aromatic rings. The molecule has 0 radical (unpaired) electrons. The van der Waals surface area contributed by atoms with Crippen LogP contribution in [0.5, 0.6) is 0 Å². The van der Waals surface area contributed by atoms with Crippen LogP contribution in [0.4, 0.5) is 0 Å². The quantitative estimate of drug-likeness (QED) is 0.240. The summed E-state index contributed by atoms with van der Waals surface area (Å²) in [6, 6.07) is 11.0. The predicted molar refractivity (Wildman–Crippen MR) is 154 cm³/mol. The summed E-state index contributed by atoms with van der Waals surface area (Å²) in [6.45, 7) is 0.262. The number of methoxy groups -OCH3 is 2. The Labute approximate surface area is 256 Å². The Morgan fingerprint density at radius 1 is 1.24 bits per heavy atom. The highest BCUT2D eigenvalue weighted by atomic mass is 79.9. The van der Waals surface area contributed by atoms with E-state index in [1.54, 1.807) is 35.6 Å². The van der Waals surface area contributed by atoms with Crippen molar-refractivity contribution in [1.29, 1.82) is 0 Å². The van der Waals surface area contributed by atoms with Crippen LogP contribution < -0.4 is 0 Å². The second-order valence-electron chi connectivity index (χ2n) is 9.08. The van der Waals surface area contributed by atoms with Gasteiger partial charge in [-0.25, -0.2) is 19.4 Å². The molecule has 41 heavy (non-hydrogen) atoms. The van der Waals surface area contributed by atoms with Crippen molar-refractivity contribution in [3.05, 3.63) is 75.1 Å². The van der Waals surface area contributed by atoms with Gasteiger partial charge >= 0.3 is 5.97 Å². The molecule has 6 unspecified atom stereocenters. The Kier molecular flexibility index (Phi) is 8.70. The standard InChI is InChI=1S/C26H23BrClN5O6S2/c1-35-22-20(33-10-15(31-32-33)23-30-18(28)12-40-23)21-16(11-37-25(39-21)13-6-4-3-5-7-13)38-26(22)41-17-8-14(27)9-29-19(17)24(34)36-2/h3-10,12,16,20-22,25-26H,11H2,1-2H3. The number of rotatable bonds is 7. The molecular weight excluding hydrogens is 658 g/mol. The Morgan fingerprint density at radius 2 is 2.07 bits per heavy atom. The van der Waals surface area contributed by atoms with Gasteiger partial charge in [0, 0.05) is 33.6 Å². The van der Waals surface area contributed by atoms with Gasteiger partial charge in [0.05, 0.1) is 19.9 Å². The van der Waals surface area contributed by atoms with Gasteiger partial charge in [0.1, 0.15) is 45.6 Å². The maximum absolute atomic E-state index is 12.5. The Morgan fingerprint density at radius 3 is 2.80 bits per heavy atom. The van der Waals surface area contributed by atoms with Crippen molar-refractivity contribution in [3.63, 3.8) is 0 Å². The van der Waals surface area contributed by atoms with Crippen molar-refractivity contribution in [2.45, 2.75) is 41.0 Å². The molecule has 2 aliphatic rings. The monoisotopic (exact) mass is 679 g/mol. The van der Waals surface area contributed by atoms with Crippen molar-refractivity contribution in [1.82, 2.24) is 25.0 Å². The van der Waals surface area contributed by atoms with E-state index in [1.807, 2.05) is 30.3 Å². The molecule has 0 spiro atoms. The van der Waals surface area contributed by atoms with E-state index in [2.05, 4.69) is 36.2 Å². The summed E-state index contributed by atoms with van der Waals surface area (Å²) in [5.41, 5.74) is 1.02. The van der Waals surface area contributed by atoms with Crippen LogP contribution in [0.25, 0.3) is 10.7 Å². The SMILES string of the molecule is COC(=O)c1ncc(Br)cc1SC1OC2COC(c3ccccc3)OC2C(n2cc(-c3nc(Cl)cs3)nn2)C1OC. The van der Waals surface area contributed by atoms with Crippen molar-refractivity contribution in [3.8, 4) is 10.7 Å². The molecule has 0 bridgehead atoms. The molecule has 2 aliphatic heterocycles. The normalized spacial score (nSPS) is 26.0. The van der Waals surface area contributed by atoms with E-state index in [-0.39, 0.29) is 12.3 Å². The lowest BCUT2D eigenvalue weighted by Gasteiger charge is -2.48. The number of carbonyl (C=O) groups is 1. The van der Waals surface area contributed by atoms with Crippen LogP contribution in [-0.4, -0.2) is 75.5 Å². The van der Waals surface area contributed by atoms with Crippen LogP contribution in [0.2, 0.25) is 5.15 Å². The maximum Gasteiger partial charge on any atom is 0.357 e.